The highest BCUT2D eigenvalue weighted by atomic mass is 19.1. The number of nitrogens with one attached hydrogen (secondary N) is 1. The van der Waals surface area contributed by atoms with E-state index in [0.29, 0.717) is 12.1 Å². The molecule has 1 atom stereocenters. The van der Waals surface area contributed by atoms with E-state index >= 15 is 0 Å². The first kappa shape index (κ1) is 21.2. The average Bonchev–Trinajstić information content (AvgIpc) is 2.80. The van der Waals surface area contributed by atoms with Crippen LogP contribution in [0.1, 0.15) is 46.1 Å². The first-order chi connectivity index (χ1) is 15.1. The van der Waals surface area contributed by atoms with Crippen LogP contribution in [-0.2, 0) is 6.54 Å². The fourth-order valence-electron chi connectivity index (χ4n) is 4.35. The van der Waals surface area contributed by atoms with Crippen LogP contribution in [0.25, 0.3) is 0 Å². The van der Waals surface area contributed by atoms with Gasteiger partial charge in [-0.25, -0.2) is 4.39 Å². The fourth-order valence-corrected chi connectivity index (χ4v) is 4.35. The highest BCUT2D eigenvalue weighted by molar-refractivity contribution is 5.95. The van der Waals surface area contributed by atoms with Gasteiger partial charge in [0.05, 0.1) is 11.7 Å². The first-order valence-electron chi connectivity index (χ1n) is 10.8. The van der Waals surface area contributed by atoms with Crippen molar-refractivity contribution in [1.82, 2.24) is 15.2 Å². The van der Waals surface area contributed by atoms with Gasteiger partial charge in [0.15, 0.2) is 0 Å². The molecule has 2 aromatic carbocycles. The zero-order chi connectivity index (χ0) is 21.6. The molecule has 0 unspecified atom stereocenters. The molecule has 0 aliphatic carbocycles. The number of hydrogen-bond acceptors (Lipinski definition) is 3. The summed E-state index contributed by atoms with van der Waals surface area (Å²) in [6.45, 7) is 4.29. The molecule has 1 aliphatic rings. The standard InChI is InChI=1S/C26H28FN3O/c1-19-8-2-4-10-22(19)26(31)29-25(24-12-6-7-15-28-24)20-13-16-30(17-14-20)18-21-9-3-5-11-23(21)27/h2-12,15,20,25H,13-14,16-18H2,1H3,(H,29,31)/t25-/m1/s1. The van der Waals surface area contributed by atoms with Crippen molar-refractivity contribution < 1.29 is 9.18 Å². The lowest BCUT2D eigenvalue weighted by atomic mass is 9.86. The van der Waals surface area contributed by atoms with Crippen LogP contribution < -0.4 is 5.32 Å². The number of benzene rings is 2. The minimum atomic E-state index is -0.151. The topological polar surface area (TPSA) is 45.2 Å². The van der Waals surface area contributed by atoms with E-state index in [2.05, 4.69) is 15.2 Å². The van der Waals surface area contributed by atoms with Gasteiger partial charge in [-0.05, 0) is 68.6 Å². The molecule has 4 nitrogen and oxygen atoms in total. The number of halogens is 1. The summed E-state index contributed by atoms with van der Waals surface area (Å²) in [6, 6.07) is 20.3. The molecule has 2 heterocycles. The van der Waals surface area contributed by atoms with Crippen LogP contribution in [-0.4, -0.2) is 28.9 Å². The number of aromatic nitrogens is 1. The van der Waals surface area contributed by atoms with Crippen molar-refractivity contribution in [2.24, 2.45) is 5.92 Å². The van der Waals surface area contributed by atoms with E-state index < -0.39 is 0 Å². The average molecular weight is 418 g/mol. The van der Waals surface area contributed by atoms with E-state index in [1.54, 1.807) is 12.3 Å². The summed E-state index contributed by atoms with van der Waals surface area (Å²) in [6.07, 6.45) is 3.61. The van der Waals surface area contributed by atoms with E-state index in [0.717, 1.165) is 42.8 Å². The normalized spacial score (nSPS) is 16.1. The van der Waals surface area contributed by atoms with Gasteiger partial charge in [0, 0.05) is 23.9 Å². The van der Waals surface area contributed by atoms with Crippen LogP contribution in [0.15, 0.2) is 72.9 Å². The number of aryl methyl sites for hydroxylation is 1. The number of amides is 1. The molecule has 160 valence electrons. The largest absolute Gasteiger partial charge is 0.343 e. The van der Waals surface area contributed by atoms with Crippen LogP contribution >= 0.6 is 0 Å². The molecule has 1 aliphatic heterocycles. The molecule has 3 aromatic rings. The number of rotatable bonds is 6. The number of carbonyl (C=O) groups is 1. The summed E-state index contributed by atoms with van der Waals surface area (Å²) in [5.41, 5.74) is 3.27. The van der Waals surface area contributed by atoms with Crippen LogP contribution in [0.3, 0.4) is 0 Å². The van der Waals surface area contributed by atoms with E-state index in [9.17, 15) is 9.18 Å². The fraction of sp³-hybridized carbons (Fsp3) is 0.308. The van der Waals surface area contributed by atoms with E-state index in [4.69, 9.17) is 0 Å². The lowest BCUT2D eigenvalue weighted by Gasteiger charge is -2.36. The van der Waals surface area contributed by atoms with Crippen molar-refractivity contribution >= 4 is 5.91 Å². The van der Waals surface area contributed by atoms with Crippen molar-refractivity contribution in [1.29, 1.82) is 0 Å². The Labute approximate surface area is 183 Å². The van der Waals surface area contributed by atoms with Crippen molar-refractivity contribution in [3.63, 3.8) is 0 Å². The second-order valence-corrected chi connectivity index (χ2v) is 8.23. The molecule has 1 aromatic heterocycles. The maximum Gasteiger partial charge on any atom is 0.252 e. The molecular formula is C26H28FN3O. The predicted octanol–water partition coefficient (Wildman–Crippen LogP) is 4.91. The van der Waals surface area contributed by atoms with Gasteiger partial charge in [-0.1, -0.05) is 42.5 Å². The Kier molecular flexibility index (Phi) is 6.73. The van der Waals surface area contributed by atoms with Crippen LogP contribution in [0.2, 0.25) is 0 Å². The monoisotopic (exact) mass is 417 g/mol. The zero-order valence-corrected chi connectivity index (χ0v) is 17.8. The number of hydrogen-bond donors (Lipinski definition) is 1. The summed E-state index contributed by atoms with van der Waals surface area (Å²) in [7, 11) is 0. The minimum Gasteiger partial charge on any atom is -0.343 e. The lowest BCUT2D eigenvalue weighted by Crippen LogP contribution is -2.41. The molecule has 1 saturated heterocycles. The van der Waals surface area contributed by atoms with Crippen molar-refractivity contribution in [3.05, 3.63) is 101 Å². The number of likely N-dealkylation sites (tertiary alicyclic amines) is 1. The molecular weight excluding hydrogens is 389 g/mol. The highest BCUT2D eigenvalue weighted by Crippen LogP contribution is 2.31. The van der Waals surface area contributed by atoms with Gasteiger partial charge >= 0.3 is 0 Å². The molecule has 1 amide bonds. The number of piperidine rings is 1. The third kappa shape index (κ3) is 5.17. The molecule has 1 N–H and O–H groups in total. The molecule has 1 fully saturated rings. The quantitative estimate of drug-likeness (QED) is 0.620. The highest BCUT2D eigenvalue weighted by Gasteiger charge is 2.30. The van der Waals surface area contributed by atoms with Gasteiger partial charge in [-0.2, -0.15) is 0 Å². The third-order valence-electron chi connectivity index (χ3n) is 6.14. The van der Waals surface area contributed by atoms with Gasteiger partial charge in [0.2, 0.25) is 0 Å². The van der Waals surface area contributed by atoms with Crippen LogP contribution in [0, 0.1) is 18.7 Å². The van der Waals surface area contributed by atoms with Crippen LogP contribution in [0.4, 0.5) is 4.39 Å². The molecule has 0 spiro atoms. The zero-order valence-electron chi connectivity index (χ0n) is 17.8. The summed E-state index contributed by atoms with van der Waals surface area (Å²) in [5, 5.41) is 3.25. The van der Waals surface area contributed by atoms with Crippen molar-refractivity contribution in [2.75, 3.05) is 13.1 Å². The van der Waals surface area contributed by atoms with E-state index in [-0.39, 0.29) is 23.7 Å². The van der Waals surface area contributed by atoms with Gasteiger partial charge in [-0.3, -0.25) is 14.7 Å². The predicted molar refractivity (Wildman–Crippen MR) is 120 cm³/mol. The summed E-state index contributed by atoms with van der Waals surface area (Å²) < 4.78 is 14.0. The van der Waals surface area contributed by atoms with Gasteiger partial charge in [0.1, 0.15) is 5.82 Å². The molecule has 5 heteroatoms. The smallest absolute Gasteiger partial charge is 0.252 e. The molecule has 31 heavy (non-hydrogen) atoms. The molecule has 4 rings (SSSR count). The van der Waals surface area contributed by atoms with Crippen molar-refractivity contribution in [3.8, 4) is 0 Å². The summed E-state index contributed by atoms with van der Waals surface area (Å²) in [4.78, 5) is 19.9. The minimum absolute atomic E-state index is 0.0671. The Bertz CT molecular complexity index is 1020. The van der Waals surface area contributed by atoms with E-state index in [1.807, 2.05) is 61.5 Å². The lowest BCUT2D eigenvalue weighted by molar-refractivity contribution is 0.0887. The van der Waals surface area contributed by atoms with Crippen molar-refractivity contribution in [2.45, 2.75) is 32.4 Å². The molecule has 0 bridgehead atoms. The molecule has 0 saturated carbocycles. The Morgan fingerprint density at radius 1 is 1.06 bits per heavy atom. The Hall–Kier alpha value is -3.05. The second kappa shape index (κ2) is 9.84. The maximum absolute atomic E-state index is 14.0. The third-order valence-corrected chi connectivity index (χ3v) is 6.14. The van der Waals surface area contributed by atoms with Gasteiger partial charge < -0.3 is 5.32 Å². The summed E-state index contributed by atoms with van der Waals surface area (Å²) in [5.74, 6) is 0.0590. The number of nitrogens with zero attached hydrogens (tertiary/aromatic N) is 2. The SMILES string of the molecule is Cc1ccccc1C(=O)N[C@@H](c1ccccn1)C1CCN(Cc2ccccc2F)CC1. The van der Waals surface area contributed by atoms with Crippen LogP contribution in [0.5, 0.6) is 0 Å². The Balaban J connectivity index is 1.46. The van der Waals surface area contributed by atoms with Gasteiger partial charge in [-0.15, -0.1) is 0 Å². The number of carbonyl (C=O) groups excluding carboxylic acids is 1. The Morgan fingerprint density at radius 3 is 2.48 bits per heavy atom. The molecule has 0 radical (unpaired) electrons. The van der Waals surface area contributed by atoms with Gasteiger partial charge in [0.25, 0.3) is 5.91 Å². The number of pyridine rings is 1. The Morgan fingerprint density at radius 2 is 1.77 bits per heavy atom. The first-order valence-corrected chi connectivity index (χ1v) is 10.8. The maximum atomic E-state index is 14.0. The second-order valence-electron chi connectivity index (χ2n) is 8.23. The summed E-state index contributed by atoms with van der Waals surface area (Å²) >= 11 is 0. The van der Waals surface area contributed by atoms with E-state index in [1.165, 1.54) is 6.07 Å².